The van der Waals surface area contributed by atoms with Crippen LogP contribution in [0.1, 0.15) is 61.6 Å². The van der Waals surface area contributed by atoms with Gasteiger partial charge in [-0.2, -0.15) is 5.10 Å². The van der Waals surface area contributed by atoms with Crippen molar-refractivity contribution in [2.45, 2.75) is 58.0 Å². The van der Waals surface area contributed by atoms with Gasteiger partial charge in [0.05, 0.1) is 16.9 Å². The number of aryl methyl sites for hydroxylation is 1. The Morgan fingerprint density at radius 3 is 2.95 bits per heavy atom. The summed E-state index contributed by atoms with van der Waals surface area (Å²) >= 11 is 1.77. The largest absolute Gasteiger partial charge is 0.304 e. The Kier molecular flexibility index (Phi) is 3.88. The van der Waals surface area contributed by atoms with E-state index in [2.05, 4.69) is 36.6 Å². The van der Waals surface area contributed by atoms with Gasteiger partial charge in [0.2, 0.25) is 0 Å². The third kappa shape index (κ3) is 3.04. The van der Waals surface area contributed by atoms with Crippen LogP contribution in [0.25, 0.3) is 0 Å². The number of nitrogens with zero attached hydrogens (tertiary/aromatic N) is 3. The topological polar surface area (TPSA) is 42.7 Å². The lowest BCUT2D eigenvalue weighted by Crippen LogP contribution is -2.25. The highest BCUT2D eigenvalue weighted by atomic mass is 32.1. The lowest BCUT2D eigenvalue weighted by atomic mass is 9.93. The first-order chi connectivity index (χ1) is 9.95. The zero-order chi connectivity index (χ0) is 15.0. The van der Waals surface area contributed by atoms with Gasteiger partial charge in [0, 0.05) is 41.7 Å². The van der Waals surface area contributed by atoms with Gasteiger partial charge in [-0.3, -0.25) is 4.68 Å². The zero-order valence-corrected chi connectivity index (χ0v) is 14.1. The molecule has 0 saturated heterocycles. The highest BCUT2D eigenvalue weighted by molar-refractivity contribution is 7.09. The van der Waals surface area contributed by atoms with E-state index < -0.39 is 0 Å². The molecule has 3 rings (SSSR count). The van der Waals surface area contributed by atoms with E-state index in [1.165, 1.54) is 29.1 Å². The summed E-state index contributed by atoms with van der Waals surface area (Å²) in [7, 11) is 2.04. The van der Waals surface area contributed by atoms with E-state index in [1.807, 2.05) is 17.9 Å². The molecule has 4 nitrogen and oxygen atoms in total. The highest BCUT2D eigenvalue weighted by Crippen LogP contribution is 2.30. The summed E-state index contributed by atoms with van der Waals surface area (Å²) in [5.74, 6) is 0. The van der Waals surface area contributed by atoms with Crippen molar-refractivity contribution in [1.82, 2.24) is 20.1 Å². The van der Waals surface area contributed by atoms with Crippen LogP contribution in [0.4, 0.5) is 0 Å². The molecule has 1 aliphatic carbocycles. The van der Waals surface area contributed by atoms with E-state index in [4.69, 9.17) is 4.98 Å². The van der Waals surface area contributed by atoms with Gasteiger partial charge >= 0.3 is 0 Å². The zero-order valence-electron chi connectivity index (χ0n) is 13.3. The fourth-order valence-corrected chi connectivity index (χ4v) is 3.79. The molecule has 114 valence electrons. The van der Waals surface area contributed by atoms with Crippen molar-refractivity contribution in [2.24, 2.45) is 7.05 Å². The summed E-state index contributed by atoms with van der Waals surface area (Å²) in [5, 5.41) is 11.5. The molecule has 0 spiro atoms. The highest BCUT2D eigenvalue weighted by Gasteiger charge is 2.23. The van der Waals surface area contributed by atoms with Gasteiger partial charge in [-0.05, 0) is 19.3 Å². The predicted octanol–water partition coefficient (Wildman–Crippen LogP) is 3.34. The molecule has 1 atom stereocenters. The molecule has 1 N–H and O–H groups in total. The summed E-state index contributed by atoms with van der Waals surface area (Å²) in [6.07, 6.45) is 5.59. The number of hydrogen-bond acceptors (Lipinski definition) is 4. The second-order valence-corrected chi connectivity index (χ2v) is 7.75. The van der Waals surface area contributed by atoms with E-state index in [0.717, 1.165) is 18.7 Å². The molecular weight excluding hydrogens is 280 g/mol. The molecule has 0 fully saturated rings. The second kappa shape index (κ2) is 5.54. The van der Waals surface area contributed by atoms with Crippen molar-refractivity contribution >= 4 is 11.3 Å². The van der Waals surface area contributed by atoms with Gasteiger partial charge < -0.3 is 5.32 Å². The Hall–Kier alpha value is -1.20. The fourth-order valence-electron chi connectivity index (χ4n) is 2.88. The minimum Gasteiger partial charge on any atom is -0.304 e. The van der Waals surface area contributed by atoms with E-state index >= 15 is 0 Å². The molecule has 0 unspecified atom stereocenters. The monoisotopic (exact) mass is 304 g/mol. The van der Waals surface area contributed by atoms with Crippen LogP contribution in [0, 0.1) is 0 Å². The predicted molar refractivity (Wildman–Crippen MR) is 86.5 cm³/mol. The number of aromatic nitrogens is 3. The van der Waals surface area contributed by atoms with E-state index in [0.29, 0.717) is 6.04 Å². The van der Waals surface area contributed by atoms with Crippen LogP contribution in [0.15, 0.2) is 11.6 Å². The minimum atomic E-state index is 0.143. The lowest BCUT2D eigenvalue weighted by Gasteiger charge is -2.23. The smallest absolute Gasteiger partial charge is 0.0982 e. The Bertz CT molecular complexity index is 621. The second-order valence-electron chi connectivity index (χ2n) is 6.89. The summed E-state index contributed by atoms with van der Waals surface area (Å²) in [5.41, 5.74) is 4.05. The first-order valence-electron chi connectivity index (χ1n) is 7.64. The van der Waals surface area contributed by atoms with Gasteiger partial charge in [0.25, 0.3) is 0 Å². The quantitative estimate of drug-likeness (QED) is 0.945. The molecule has 21 heavy (non-hydrogen) atoms. The van der Waals surface area contributed by atoms with Crippen molar-refractivity contribution < 1.29 is 0 Å². The molecule has 0 aliphatic heterocycles. The molecule has 0 bridgehead atoms. The average molecular weight is 304 g/mol. The molecule has 0 saturated carbocycles. The molecule has 5 heteroatoms. The van der Waals surface area contributed by atoms with Crippen molar-refractivity contribution in [2.75, 3.05) is 0 Å². The first kappa shape index (κ1) is 14.7. The standard InChI is InChI=1S/C16H24N4S/c1-16(2,3)15-19-11(10-21-15)8-17-13-6-5-7-14-12(13)9-18-20(14)4/h9-10,13,17H,5-8H2,1-4H3/t13-/m1/s1. The minimum absolute atomic E-state index is 0.143. The van der Waals surface area contributed by atoms with Gasteiger partial charge in [0.15, 0.2) is 0 Å². The molecule has 2 heterocycles. The van der Waals surface area contributed by atoms with Crippen molar-refractivity contribution in [3.63, 3.8) is 0 Å². The summed E-state index contributed by atoms with van der Waals surface area (Å²) in [6, 6.07) is 0.419. The van der Waals surface area contributed by atoms with Crippen LogP contribution in [-0.2, 0) is 25.4 Å². The number of rotatable bonds is 3. The Balaban J connectivity index is 1.67. The van der Waals surface area contributed by atoms with E-state index in [1.54, 1.807) is 11.3 Å². The van der Waals surface area contributed by atoms with Crippen molar-refractivity contribution in [3.05, 3.63) is 33.5 Å². The third-order valence-electron chi connectivity index (χ3n) is 4.10. The summed E-state index contributed by atoms with van der Waals surface area (Å²) in [6.45, 7) is 7.48. The van der Waals surface area contributed by atoms with Crippen LogP contribution in [0.5, 0.6) is 0 Å². The van der Waals surface area contributed by atoms with E-state index in [9.17, 15) is 0 Å². The number of hydrogen-bond donors (Lipinski definition) is 1. The molecule has 1 aliphatic rings. The molecular formula is C16H24N4S. The Morgan fingerprint density at radius 1 is 1.43 bits per heavy atom. The number of nitrogens with one attached hydrogen (secondary N) is 1. The molecule has 2 aromatic heterocycles. The lowest BCUT2D eigenvalue weighted by molar-refractivity contribution is 0.449. The molecule has 2 aromatic rings. The van der Waals surface area contributed by atoms with Gasteiger partial charge in [-0.25, -0.2) is 4.98 Å². The Labute approximate surface area is 130 Å². The maximum absolute atomic E-state index is 4.76. The fraction of sp³-hybridized carbons (Fsp3) is 0.625. The average Bonchev–Trinajstić information content (AvgIpc) is 3.04. The first-order valence-corrected chi connectivity index (χ1v) is 8.52. The van der Waals surface area contributed by atoms with Gasteiger partial charge in [-0.15, -0.1) is 11.3 Å². The van der Waals surface area contributed by atoms with Crippen LogP contribution in [0.2, 0.25) is 0 Å². The number of fused-ring (bicyclic) bond motifs is 1. The Morgan fingerprint density at radius 2 is 2.24 bits per heavy atom. The van der Waals surface area contributed by atoms with E-state index in [-0.39, 0.29) is 5.41 Å². The molecule has 0 aromatic carbocycles. The SMILES string of the molecule is Cn1ncc2c1CCC[C@H]2NCc1csc(C(C)(C)C)n1. The molecule has 0 radical (unpaired) electrons. The van der Waals surface area contributed by atoms with Gasteiger partial charge in [-0.1, -0.05) is 20.8 Å². The van der Waals surface area contributed by atoms with Gasteiger partial charge in [0.1, 0.15) is 0 Å². The maximum Gasteiger partial charge on any atom is 0.0982 e. The van der Waals surface area contributed by atoms with Crippen LogP contribution < -0.4 is 5.32 Å². The van der Waals surface area contributed by atoms with Crippen molar-refractivity contribution in [1.29, 1.82) is 0 Å². The maximum atomic E-state index is 4.76. The van der Waals surface area contributed by atoms with Crippen LogP contribution >= 0.6 is 11.3 Å². The van der Waals surface area contributed by atoms with Crippen molar-refractivity contribution in [3.8, 4) is 0 Å². The normalized spacial score (nSPS) is 18.8. The van der Waals surface area contributed by atoms with Crippen LogP contribution in [0.3, 0.4) is 0 Å². The number of thiazole rings is 1. The molecule has 0 amide bonds. The third-order valence-corrected chi connectivity index (χ3v) is 5.42. The van der Waals surface area contributed by atoms with Crippen LogP contribution in [-0.4, -0.2) is 14.8 Å². The summed E-state index contributed by atoms with van der Waals surface area (Å²) < 4.78 is 2.02. The summed E-state index contributed by atoms with van der Waals surface area (Å²) in [4.78, 5) is 4.76.